The van der Waals surface area contributed by atoms with Gasteiger partial charge in [0, 0.05) is 11.5 Å². The minimum absolute atomic E-state index is 0.0317. The van der Waals surface area contributed by atoms with Crippen LogP contribution in [0.4, 0.5) is 0 Å². The minimum Gasteiger partial charge on any atom is -0.310 e. The second kappa shape index (κ2) is 4.18. The summed E-state index contributed by atoms with van der Waals surface area (Å²) in [7, 11) is 0. The second-order valence-corrected chi connectivity index (χ2v) is 6.11. The quantitative estimate of drug-likeness (QED) is 0.823. The highest BCUT2D eigenvalue weighted by molar-refractivity contribution is 7.09. The Labute approximate surface area is 105 Å². The topological polar surface area (TPSA) is 56.5 Å². The molecule has 92 valence electrons. The highest BCUT2D eigenvalue weighted by atomic mass is 32.1. The molecule has 0 aliphatic rings. The molecular formula is C11H17N5S. The van der Waals surface area contributed by atoms with Gasteiger partial charge in [0.2, 0.25) is 0 Å². The lowest BCUT2D eigenvalue weighted by molar-refractivity contribution is 0.564. The summed E-state index contributed by atoms with van der Waals surface area (Å²) in [6, 6.07) is 0.329. The molecule has 17 heavy (non-hydrogen) atoms. The van der Waals surface area contributed by atoms with Gasteiger partial charge >= 0.3 is 0 Å². The Hall–Kier alpha value is -1.30. The van der Waals surface area contributed by atoms with Gasteiger partial charge in [0.25, 0.3) is 0 Å². The molecule has 0 amide bonds. The largest absolute Gasteiger partial charge is 0.310 e. The zero-order valence-electron chi connectivity index (χ0n) is 10.8. The van der Waals surface area contributed by atoms with Crippen LogP contribution in [0.3, 0.4) is 0 Å². The van der Waals surface area contributed by atoms with Crippen molar-refractivity contribution < 1.29 is 0 Å². The van der Waals surface area contributed by atoms with Crippen molar-refractivity contribution in [2.75, 3.05) is 0 Å². The van der Waals surface area contributed by atoms with E-state index in [0.717, 1.165) is 16.4 Å². The Balaban J connectivity index is 2.54. The van der Waals surface area contributed by atoms with E-state index in [9.17, 15) is 0 Å². The molecule has 6 heteroatoms. The summed E-state index contributed by atoms with van der Waals surface area (Å²) < 4.78 is 6.10. The van der Waals surface area contributed by atoms with Gasteiger partial charge in [0.1, 0.15) is 11.2 Å². The molecule has 0 aromatic carbocycles. The third-order valence-electron chi connectivity index (χ3n) is 2.53. The molecule has 0 radical (unpaired) electrons. The predicted molar refractivity (Wildman–Crippen MR) is 68.0 cm³/mol. The van der Waals surface area contributed by atoms with Gasteiger partial charge in [-0.15, -0.1) is 15.3 Å². The van der Waals surface area contributed by atoms with Crippen molar-refractivity contribution in [2.45, 2.75) is 46.1 Å². The third-order valence-corrected chi connectivity index (χ3v) is 3.25. The van der Waals surface area contributed by atoms with E-state index in [2.05, 4.69) is 54.4 Å². The molecule has 2 aromatic rings. The molecule has 5 nitrogen and oxygen atoms in total. The van der Waals surface area contributed by atoms with E-state index < -0.39 is 0 Å². The summed E-state index contributed by atoms with van der Waals surface area (Å²) >= 11 is 1.38. The number of hydrogen-bond acceptors (Lipinski definition) is 5. The Morgan fingerprint density at radius 3 is 2.53 bits per heavy atom. The Bertz CT molecular complexity index is 506. The summed E-state index contributed by atoms with van der Waals surface area (Å²) in [6.07, 6.45) is 1.76. The van der Waals surface area contributed by atoms with E-state index in [1.54, 1.807) is 6.33 Å². The molecule has 0 saturated heterocycles. The van der Waals surface area contributed by atoms with Crippen LogP contribution in [-0.4, -0.2) is 24.4 Å². The van der Waals surface area contributed by atoms with Crippen molar-refractivity contribution >= 4 is 11.5 Å². The number of nitrogens with zero attached hydrogens (tertiary/aromatic N) is 5. The monoisotopic (exact) mass is 251 g/mol. The first-order valence-electron chi connectivity index (χ1n) is 5.64. The number of aromatic nitrogens is 5. The van der Waals surface area contributed by atoms with Crippen molar-refractivity contribution in [3.8, 4) is 10.7 Å². The van der Waals surface area contributed by atoms with Crippen LogP contribution in [0.1, 0.15) is 46.4 Å². The maximum Gasteiger partial charge on any atom is 0.177 e. The number of hydrogen-bond donors (Lipinski definition) is 0. The van der Waals surface area contributed by atoms with Gasteiger partial charge in [0.15, 0.2) is 5.82 Å². The molecular weight excluding hydrogens is 234 g/mol. The van der Waals surface area contributed by atoms with E-state index in [4.69, 9.17) is 0 Å². The fourth-order valence-corrected chi connectivity index (χ4v) is 2.48. The summed E-state index contributed by atoms with van der Waals surface area (Å²) in [5.74, 6) is 0.861. The fraction of sp³-hybridized carbons (Fsp3) is 0.636. The van der Waals surface area contributed by atoms with Crippen molar-refractivity contribution in [3.63, 3.8) is 0 Å². The first-order valence-corrected chi connectivity index (χ1v) is 6.41. The normalized spacial score (nSPS) is 12.4. The molecule has 0 N–H and O–H groups in total. The third kappa shape index (κ3) is 2.22. The van der Waals surface area contributed by atoms with Crippen LogP contribution in [0.2, 0.25) is 0 Å². The van der Waals surface area contributed by atoms with Crippen molar-refractivity contribution in [3.05, 3.63) is 12.0 Å². The second-order valence-electron chi connectivity index (χ2n) is 5.36. The van der Waals surface area contributed by atoms with Gasteiger partial charge in [-0.25, -0.2) is 0 Å². The van der Waals surface area contributed by atoms with Crippen LogP contribution in [0.25, 0.3) is 10.7 Å². The molecule has 0 bridgehead atoms. The van der Waals surface area contributed by atoms with Gasteiger partial charge in [-0.1, -0.05) is 25.3 Å². The van der Waals surface area contributed by atoms with Gasteiger partial charge in [0.05, 0.1) is 5.69 Å². The summed E-state index contributed by atoms with van der Waals surface area (Å²) in [6.45, 7) is 10.6. The van der Waals surface area contributed by atoms with Crippen molar-refractivity contribution in [1.29, 1.82) is 0 Å². The molecule has 0 fully saturated rings. The lowest BCUT2D eigenvalue weighted by atomic mass is 9.91. The molecule has 0 saturated carbocycles. The van der Waals surface area contributed by atoms with E-state index in [1.165, 1.54) is 11.5 Å². The van der Waals surface area contributed by atoms with Crippen molar-refractivity contribution in [1.82, 2.24) is 24.4 Å². The van der Waals surface area contributed by atoms with Crippen LogP contribution >= 0.6 is 11.5 Å². The smallest absolute Gasteiger partial charge is 0.177 e. The van der Waals surface area contributed by atoms with Crippen LogP contribution in [0.5, 0.6) is 0 Å². The van der Waals surface area contributed by atoms with Crippen LogP contribution in [0.15, 0.2) is 6.33 Å². The van der Waals surface area contributed by atoms with Crippen molar-refractivity contribution in [2.24, 2.45) is 0 Å². The standard InChI is InChI=1S/C11H17N5S/c1-7(2)16-6-12-14-10(16)8-9(11(3,4)5)13-15-17-8/h6-7H,1-5H3. The van der Waals surface area contributed by atoms with Gasteiger partial charge in [-0.3, -0.25) is 0 Å². The van der Waals surface area contributed by atoms with Crippen LogP contribution in [-0.2, 0) is 5.41 Å². The Morgan fingerprint density at radius 2 is 1.94 bits per heavy atom. The highest BCUT2D eigenvalue weighted by Gasteiger charge is 2.26. The van der Waals surface area contributed by atoms with E-state index in [-0.39, 0.29) is 5.41 Å². The van der Waals surface area contributed by atoms with Gasteiger partial charge in [-0.2, -0.15) is 0 Å². The molecule has 2 heterocycles. The zero-order chi connectivity index (χ0) is 12.6. The summed E-state index contributed by atoms with van der Waals surface area (Å²) in [5, 5.41) is 12.4. The first kappa shape index (κ1) is 12.2. The molecule has 2 rings (SSSR count). The maximum atomic E-state index is 4.23. The molecule has 0 atom stereocenters. The predicted octanol–water partition coefficient (Wildman–Crippen LogP) is 2.68. The number of rotatable bonds is 2. The SMILES string of the molecule is CC(C)n1cnnc1-c1snnc1C(C)(C)C. The molecule has 0 aliphatic heterocycles. The summed E-state index contributed by atoms with van der Waals surface area (Å²) in [5.41, 5.74) is 0.952. The van der Waals surface area contributed by atoms with Gasteiger partial charge < -0.3 is 4.57 Å². The van der Waals surface area contributed by atoms with E-state index in [1.807, 2.05) is 4.57 Å². The van der Waals surface area contributed by atoms with E-state index >= 15 is 0 Å². The maximum absolute atomic E-state index is 4.23. The summed E-state index contributed by atoms with van der Waals surface area (Å²) in [4.78, 5) is 1.02. The van der Waals surface area contributed by atoms with Gasteiger partial charge in [-0.05, 0) is 25.4 Å². The minimum atomic E-state index is -0.0317. The Morgan fingerprint density at radius 1 is 1.24 bits per heavy atom. The average Bonchev–Trinajstić information content (AvgIpc) is 2.84. The fourth-order valence-electron chi connectivity index (χ4n) is 1.61. The first-order chi connectivity index (χ1) is 7.91. The molecule has 0 aliphatic carbocycles. The lowest BCUT2D eigenvalue weighted by Gasteiger charge is -2.17. The van der Waals surface area contributed by atoms with Crippen LogP contribution < -0.4 is 0 Å². The van der Waals surface area contributed by atoms with E-state index in [0.29, 0.717) is 6.04 Å². The molecule has 2 aromatic heterocycles. The zero-order valence-corrected chi connectivity index (χ0v) is 11.6. The highest BCUT2D eigenvalue weighted by Crippen LogP contribution is 2.33. The molecule has 0 unspecified atom stereocenters. The van der Waals surface area contributed by atoms with Crippen LogP contribution in [0, 0.1) is 0 Å². The lowest BCUT2D eigenvalue weighted by Crippen LogP contribution is -2.14. The average molecular weight is 251 g/mol. The molecule has 0 spiro atoms. The Kier molecular flexibility index (Phi) is 2.99.